The molecule has 1 aromatic carbocycles. The lowest BCUT2D eigenvalue weighted by Crippen LogP contribution is -1.97. The van der Waals surface area contributed by atoms with Gasteiger partial charge in [0.1, 0.15) is 0 Å². The van der Waals surface area contributed by atoms with Gasteiger partial charge in [0, 0.05) is 6.08 Å². The van der Waals surface area contributed by atoms with Crippen molar-refractivity contribution in [3.05, 3.63) is 33.9 Å². The summed E-state index contributed by atoms with van der Waals surface area (Å²) in [4.78, 5) is 20.4. The van der Waals surface area contributed by atoms with Crippen LogP contribution in [-0.2, 0) is 4.79 Å². The molecule has 0 atom stereocenters. The summed E-state index contributed by atoms with van der Waals surface area (Å²) < 4.78 is 4.71. The maximum absolute atomic E-state index is 10.8. The predicted molar refractivity (Wildman–Crippen MR) is 58.0 cm³/mol. The van der Waals surface area contributed by atoms with Crippen LogP contribution in [0.15, 0.2) is 18.2 Å². The van der Waals surface area contributed by atoms with Gasteiger partial charge in [-0.1, -0.05) is 0 Å². The summed E-state index contributed by atoms with van der Waals surface area (Å²) in [6, 6.07) is 2.42. The van der Waals surface area contributed by atoms with Gasteiger partial charge in [0.2, 0.25) is 5.75 Å². The van der Waals surface area contributed by atoms with Crippen LogP contribution in [0.4, 0.5) is 5.69 Å². The second kappa shape index (κ2) is 4.97. The first-order chi connectivity index (χ1) is 7.97. The van der Waals surface area contributed by atoms with Crippen molar-refractivity contribution in [2.75, 3.05) is 7.11 Å². The van der Waals surface area contributed by atoms with Crippen molar-refractivity contribution in [1.29, 1.82) is 0 Å². The number of benzene rings is 1. The fraction of sp³-hybridized carbons (Fsp3) is 0.100. The first-order valence-corrected chi connectivity index (χ1v) is 4.42. The molecule has 0 spiro atoms. The third-order valence-electron chi connectivity index (χ3n) is 1.93. The van der Waals surface area contributed by atoms with E-state index in [0.717, 1.165) is 12.2 Å². The van der Waals surface area contributed by atoms with Crippen molar-refractivity contribution in [3.63, 3.8) is 0 Å². The number of hydrogen-bond acceptors (Lipinski definition) is 5. The second-order valence-electron chi connectivity index (χ2n) is 2.98. The van der Waals surface area contributed by atoms with Gasteiger partial charge in [-0.25, -0.2) is 4.79 Å². The summed E-state index contributed by atoms with van der Waals surface area (Å²) in [5.41, 5.74) is -0.447. The molecule has 0 saturated heterocycles. The first-order valence-electron chi connectivity index (χ1n) is 4.42. The molecule has 0 aromatic heterocycles. The van der Waals surface area contributed by atoms with Crippen molar-refractivity contribution in [1.82, 2.24) is 0 Å². The summed E-state index contributed by atoms with van der Waals surface area (Å²) >= 11 is 0. The molecule has 0 amide bonds. The molecular weight excluding hydrogens is 230 g/mol. The average Bonchev–Trinajstić information content (AvgIpc) is 2.26. The van der Waals surface area contributed by atoms with Crippen LogP contribution in [0.2, 0.25) is 0 Å². The molecule has 0 aliphatic rings. The highest BCUT2D eigenvalue weighted by Crippen LogP contribution is 2.39. The lowest BCUT2D eigenvalue weighted by atomic mass is 10.1. The second-order valence-corrected chi connectivity index (χ2v) is 2.98. The van der Waals surface area contributed by atoms with Gasteiger partial charge in [-0.2, -0.15) is 0 Å². The van der Waals surface area contributed by atoms with E-state index < -0.39 is 16.6 Å². The number of aromatic hydroxyl groups is 1. The van der Waals surface area contributed by atoms with Crippen LogP contribution in [0.3, 0.4) is 0 Å². The monoisotopic (exact) mass is 239 g/mol. The van der Waals surface area contributed by atoms with Gasteiger partial charge in [0.05, 0.1) is 17.6 Å². The molecule has 1 aromatic rings. The molecular formula is C10H9NO6. The minimum atomic E-state index is -1.23. The van der Waals surface area contributed by atoms with E-state index in [2.05, 4.69) is 0 Å². The standard InChI is InChI=1S/C10H9NO6/c1-17-10-7(12)4-2-6(3-5-8(13)14)9(10)11(15)16/h2-5,12H,1H3,(H,13,14)/b5-3+. The topological polar surface area (TPSA) is 110 Å². The third-order valence-corrected chi connectivity index (χ3v) is 1.93. The van der Waals surface area contributed by atoms with Gasteiger partial charge in [-0.05, 0) is 18.2 Å². The summed E-state index contributed by atoms with van der Waals surface area (Å²) in [6.07, 6.45) is 1.82. The molecule has 0 aliphatic carbocycles. The summed E-state index contributed by atoms with van der Waals surface area (Å²) in [6.45, 7) is 0. The Kier molecular flexibility index (Phi) is 3.66. The number of carboxylic acids is 1. The Morgan fingerprint density at radius 2 is 2.18 bits per heavy atom. The number of phenolic OH excluding ortho intramolecular Hbond substituents is 1. The SMILES string of the molecule is COc1c(O)ccc(/C=C/C(=O)O)c1[N+](=O)[O-]. The molecule has 0 unspecified atom stereocenters. The lowest BCUT2D eigenvalue weighted by Gasteiger charge is -2.05. The Balaban J connectivity index is 3.40. The molecule has 2 N–H and O–H groups in total. The van der Waals surface area contributed by atoms with Gasteiger partial charge in [-0.15, -0.1) is 0 Å². The molecule has 17 heavy (non-hydrogen) atoms. The molecule has 7 nitrogen and oxygen atoms in total. The van der Waals surface area contributed by atoms with Crippen LogP contribution in [0.25, 0.3) is 6.08 Å². The zero-order valence-electron chi connectivity index (χ0n) is 8.78. The normalized spacial score (nSPS) is 10.4. The fourth-order valence-electron chi connectivity index (χ4n) is 1.26. The van der Waals surface area contributed by atoms with Crippen LogP contribution in [0, 0.1) is 10.1 Å². The molecule has 0 bridgehead atoms. The number of nitrogens with zero attached hydrogens (tertiary/aromatic N) is 1. The van der Waals surface area contributed by atoms with Gasteiger partial charge >= 0.3 is 11.7 Å². The van der Waals surface area contributed by atoms with Gasteiger partial charge in [0.15, 0.2) is 5.75 Å². The molecule has 0 radical (unpaired) electrons. The third kappa shape index (κ3) is 2.71. The zero-order valence-corrected chi connectivity index (χ0v) is 8.78. The Morgan fingerprint density at radius 1 is 1.53 bits per heavy atom. The van der Waals surface area contributed by atoms with Crippen LogP contribution in [-0.4, -0.2) is 28.2 Å². The van der Waals surface area contributed by atoms with E-state index in [1.54, 1.807) is 0 Å². The fourth-order valence-corrected chi connectivity index (χ4v) is 1.26. The smallest absolute Gasteiger partial charge is 0.328 e. The van der Waals surface area contributed by atoms with E-state index in [1.165, 1.54) is 19.2 Å². The number of carbonyl (C=O) groups is 1. The first kappa shape index (κ1) is 12.5. The van der Waals surface area contributed by atoms with E-state index in [-0.39, 0.29) is 17.1 Å². The Labute approximate surface area is 95.7 Å². The van der Waals surface area contributed by atoms with Gasteiger partial charge in [0.25, 0.3) is 0 Å². The van der Waals surface area contributed by atoms with Crippen LogP contribution in [0.1, 0.15) is 5.56 Å². The number of nitro groups is 1. The number of aliphatic carboxylic acids is 1. The van der Waals surface area contributed by atoms with E-state index in [9.17, 15) is 20.0 Å². The number of rotatable bonds is 4. The minimum Gasteiger partial charge on any atom is -0.504 e. The molecule has 7 heteroatoms. The number of phenols is 1. The van der Waals surface area contributed by atoms with Crippen molar-refractivity contribution >= 4 is 17.7 Å². The van der Waals surface area contributed by atoms with Gasteiger partial charge < -0.3 is 14.9 Å². The summed E-state index contributed by atoms with van der Waals surface area (Å²) in [5, 5.41) is 28.7. The summed E-state index contributed by atoms with van der Waals surface area (Å²) in [5.74, 6) is -1.92. The predicted octanol–water partition coefficient (Wildman–Crippen LogP) is 1.41. The number of hydrogen-bond donors (Lipinski definition) is 2. The Morgan fingerprint density at radius 3 is 2.65 bits per heavy atom. The maximum Gasteiger partial charge on any atom is 0.328 e. The quantitative estimate of drug-likeness (QED) is 0.467. The Bertz CT molecular complexity index is 494. The van der Waals surface area contributed by atoms with Crippen LogP contribution in [0.5, 0.6) is 11.5 Å². The van der Waals surface area contributed by atoms with Crippen molar-refractivity contribution in [2.45, 2.75) is 0 Å². The van der Waals surface area contributed by atoms with E-state index in [1.807, 2.05) is 0 Å². The van der Waals surface area contributed by atoms with Crippen LogP contribution >= 0.6 is 0 Å². The number of methoxy groups -OCH3 is 1. The van der Waals surface area contributed by atoms with Crippen molar-refractivity contribution in [2.24, 2.45) is 0 Å². The highest BCUT2D eigenvalue weighted by Gasteiger charge is 2.22. The number of ether oxygens (including phenoxy) is 1. The molecule has 90 valence electrons. The summed E-state index contributed by atoms with van der Waals surface area (Å²) in [7, 11) is 1.17. The highest BCUT2D eigenvalue weighted by molar-refractivity contribution is 5.87. The molecule has 0 saturated carbocycles. The molecule has 0 heterocycles. The van der Waals surface area contributed by atoms with Gasteiger partial charge in [-0.3, -0.25) is 10.1 Å². The lowest BCUT2D eigenvalue weighted by molar-refractivity contribution is -0.386. The zero-order chi connectivity index (χ0) is 13.0. The van der Waals surface area contributed by atoms with E-state index in [4.69, 9.17) is 9.84 Å². The number of carboxylic acid groups (broad SMARTS) is 1. The van der Waals surface area contributed by atoms with Crippen molar-refractivity contribution in [3.8, 4) is 11.5 Å². The highest BCUT2D eigenvalue weighted by atomic mass is 16.6. The van der Waals surface area contributed by atoms with Crippen molar-refractivity contribution < 1.29 is 24.7 Å². The average molecular weight is 239 g/mol. The maximum atomic E-state index is 10.8. The van der Waals surface area contributed by atoms with Crippen LogP contribution < -0.4 is 4.74 Å². The molecule has 0 fully saturated rings. The Hall–Kier alpha value is -2.57. The molecule has 1 rings (SSSR count). The minimum absolute atomic E-state index is 0.0343. The van der Waals surface area contributed by atoms with E-state index >= 15 is 0 Å². The number of nitro benzene ring substituents is 1. The largest absolute Gasteiger partial charge is 0.504 e. The molecule has 0 aliphatic heterocycles. The van der Waals surface area contributed by atoms with E-state index in [0.29, 0.717) is 0 Å².